The second-order valence-electron chi connectivity index (χ2n) is 8.57. The third-order valence-electron chi connectivity index (χ3n) is 5.96. The molecule has 2 N–H and O–H groups in total. The zero-order valence-corrected chi connectivity index (χ0v) is 20.5. The van der Waals surface area contributed by atoms with E-state index >= 15 is 0 Å². The van der Waals surface area contributed by atoms with Crippen molar-refractivity contribution < 1.29 is 19.1 Å². The van der Waals surface area contributed by atoms with Crippen LogP contribution in [0.4, 0.5) is 10.5 Å². The Hall–Kier alpha value is -2.83. The molecule has 1 aliphatic rings. The summed E-state index contributed by atoms with van der Waals surface area (Å²) in [5, 5.41) is 5.87. The highest BCUT2D eigenvalue weighted by molar-refractivity contribution is 5.95. The number of hydrogen-bond acceptors (Lipinski definition) is 4. The highest BCUT2D eigenvalue weighted by Gasteiger charge is 2.35. The molecule has 0 bridgehead atoms. The minimum absolute atomic E-state index is 0.0255. The molecule has 0 radical (unpaired) electrons. The van der Waals surface area contributed by atoms with Crippen LogP contribution in [0, 0.1) is 0 Å². The zero-order valence-electron chi connectivity index (χ0n) is 20.5. The molecule has 0 aliphatic carbocycles. The van der Waals surface area contributed by atoms with Gasteiger partial charge in [0.15, 0.2) is 0 Å². The standard InChI is InChI=1S/C26H39N3O4/c1-5-7-8-9-10-11-12-16-22(30)27-21-15-13-14-20(18-21)24-23(25(31)33-4)19(3)29(17-6-2)26(32)28-24/h13-15,18,24H,5-12,16-17H2,1-4H3,(H,27,30)(H,28,32). The van der Waals surface area contributed by atoms with Gasteiger partial charge in [-0.05, 0) is 37.5 Å². The van der Waals surface area contributed by atoms with E-state index in [1.54, 1.807) is 17.9 Å². The first-order valence-electron chi connectivity index (χ1n) is 12.2. The lowest BCUT2D eigenvalue weighted by atomic mass is 9.94. The number of amides is 3. The molecular weight excluding hydrogens is 418 g/mol. The van der Waals surface area contributed by atoms with Gasteiger partial charge < -0.3 is 15.4 Å². The first kappa shape index (κ1) is 26.4. The largest absolute Gasteiger partial charge is 0.466 e. The number of methoxy groups -OCH3 is 1. The molecule has 1 aromatic carbocycles. The fourth-order valence-electron chi connectivity index (χ4n) is 4.16. The quantitative estimate of drug-likeness (QED) is 0.294. The fourth-order valence-corrected chi connectivity index (χ4v) is 4.16. The Kier molecular flexibility index (Phi) is 10.9. The van der Waals surface area contributed by atoms with Crippen LogP contribution in [0.2, 0.25) is 0 Å². The van der Waals surface area contributed by atoms with Crippen molar-refractivity contribution in [2.45, 2.75) is 84.6 Å². The van der Waals surface area contributed by atoms with E-state index < -0.39 is 12.0 Å². The number of urea groups is 1. The van der Waals surface area contributed by atoms with Crippen LogP contribution < -0.4 is 10.6 Å². The van der Waals surface area contributed by atoms with Gasteiger partial charge in [-0.2, -0.15) is 0 Å². The van der Waals surface area contributed by atoms with Gasteiger partial charge >= 0.3 is 12.0 Å². The summed E-state index contributed by atoms with van der Waals surface area (Å²) in [6.07, 6.45) is 9.37. The first-order chi connectivity index (χ1) is 15.9. The summed E-state index contributed by atoms with van der Waals surface area (Å²) in [5.74, 6) is -0.505. The van der Waals surface area contributed by atoms with E-state index in [4.69, 9.17) is 4.74 Å². The van der Waals surface area contributed by atoms with Gasteiger partial charge in [-0.1, -0.05) is 64.5 Å². The number of carbonyl (C=O) groups excluding carboxylic acids is 3. The number of nitrogens with zero attached hydrogens (tertiary/aromatic N) is 1. The molecule has 0 saturated heterocycles. The van der Waals surface area contributed by atoms with E-state index in [2.05, 4.69) is 17.6 Å². The van der Waals surface area contributed by atoms with Crippen molar-refractivity contribution in [2.24, 2.45) is 0 Å². The van der Waals surface area contributed by atoms with Crippen molar-refractivity contribution >= 4 is 23.6 Å². The maximum atomic E-state index is 12.7. The van der Waals surface area contributed by atoms with Crippen molar-refractivity contribution in [1.82, 2.24) is 10.2 Å². The highest BCUT2D eigenvalue weighted by atomic mass is 16.5. The van der Waals surface area contributed by atoms with Gasteiger partial charge in [0.2, 0.25) is 5.91 Å². The Bertz CT molecular complexity index is 850. The van der Waals surface area contributed by atoms with E-state index in [-0.39, 0.29) is 11.9 Å². The van der Waals surface area contributed by atoms with Gasteiger partial charge in [-0.25, -0.2) is 9.59 Å². The molecule has 3 amide bonds. The number of anilines is 1. The second-order valence-corrected chi connectivity index (χ2v) is 8.57. The smallest absolute Gasteiger partial charge is 0.337 e. The summed E-state index contributed by atoms with van der Waals surface area (Å²) < 4.78 is 5.01. The number of hydrogen-bond donors (Lipinski definition) is 2. The summed E-state index contributed by atoms with van der Waals surface area (Å²) in [5.41, 5.74) is 2.35. The van der Waals surface area contributed by atoms with Crippen LogP contribution in [0.25, 0.3) is 0 Å². The average Bonchev–Trinajstić information content (AvgIpc) is 2.80. The third kappa shape index (κ3) is 7.62. The molecule has 1 heterocycles. The molecule has 33 heavy (non-hydrogen) atoms. The molecule has 7 heteroatoms. The van der Waals surface area contributed by atoms with E-state index in [9.17, 15) is 14.4 Å². The van der Waals surface area contributed by atoms with E-state index in [0.717, 1.165) is 19.3 Å². The van der Waals surface area contributed by atoms with Crippen molar-refractivity contribution in [1.29, 1.82) is 0 Å². The Balaban J connectivity index is 2.07. The number of esters is 1. The van der Waals surface area contributed by atoms with E-state index in [1.807, 2.05) is 25.1 Å². The van der Waals surface area contributed by atoms with E-state index in [1.165, 1.54) is 39.2 Å². The number of ether oxygens (including phenoxy) is 1. The summed E-state index contributed by atoms with van der Waals surface area (Å²) in [6.45, 7) is 6.46. The van der Waals surface area contributed by atoms with Gasteiger partial charge in [0.25, 0.3) is 0 Å². The number of carbonyl (C=O) groups is 3. The summed E-state index contributed by atoms with van der Waals surface area (Å²) in [4.78, 5) is 39.2. The number of allylic oxidation sites excluding steroid dienone is 1. The third-order valence-corrected chi connectivity index (χ3v) is 5.96. The van der Waals surface area contributed by atoms with E-state index in [0.29, 0.717) is 35.5 Å². The second kappa shape index (κ2) is 13.7. The van der Waals surface area contributed by atoms with Gasteiger partial charge in [0.05, 0.1) is 18.7 Å². The monoisotopic (exact) mass is 457 g/mol. The lowest BCUT2D eigenvalue weighted by Crippen LogP contribution is -2.48. The van der Waals surface area contributed by atoms with Crippen LogP contribution in [0.15, 0.2) is 35.5 Å². The zero-order chi connectivity index (χ0) is 24.2. The predicted octanol–water partition coefficient (Wildman–Crippen LogP) is 5.69. The molecule has 0 saturated carbocycles. The highest BCUT2D eigenvalue weighted by Crippen LogP contribution is 2.32. The summed E-state index contributed by atoms with van der Waals surface area (Å²) in [7, 11) is 1.33. The van der Waals surface area contributed by atoms with Crippen molar-refractivity contribution in [2.75, 3.05) is 19.0 Å². The maximum absolute atomic E-state index is 12.7. The molecule has 1 atom stereocenters. The number of rotatable bonds is 13. The fraction of sp³-hybridized carbons (Fsp3) is 0.577. The van der Waals surface area contributed by atoms with Crippen molar-refractivity contribution in [3.8, 4) is 0 Å². The van der Waals surface area contributed by atoms with Crippen LogP contribution in [-0.4, -0.2) is 36.5 Å². The molecule has 182 valence electrons. The molecule has 2 rings (SSSR count). The Morgan fingerprint density at radius 3 is 2.42 bits per heavy atom. The van der Waals surface area contributed by atoms with Crippen molar-refractivity contribution in [3.63, 3.8) is 0 Å². The Labute approximate surface area is 197 Å². The summed E-state index contributed by atoms with van der Waals surface area (Å²) >= 11 is 0. The van der Waals surface area contributed by atoms with Gasteiger partial charge in [0.1, 0.15) is 0 Å². The van der Waals surface area contributed by atoms with Gasteiger partial charge in [-0.15, -0.1) is 0 Å². The molecule has 1 unspecified atom stereocenters. The molecule has 1 aliphatic heterocycles. The van der Waals surface area contributed by atoms with Gasteiger partial charge in [-0.3, -0.25) is 9.69 Å². The molecule has 1 aromatic rings. The lowest BCUT2D eigenvalue weighted by molar-refractivity contribution is -0.136. The van der Waals surface area contributed by atoms with Crippen LogP contribution >= 0.6 is 0 Å². The SMILES string of the molecule is CCCCCCCCCC(=O)Nc1cccc(C2NC(=O)N(CCC)C(C)=C2C(=O)OC)c1. The number of benzene rings is 1. The maximum Gasteiger partial charge on any atom is 0.337 e. The topological polar surface area (TPSA) is 87.7 Å². The number of nitrogens with one attached hydrogen (secondary N) is 2. The molecule has 7 nitrogen and oxygen atoms in total. The van der Waals surface area contributed by atoms with Crippen LogP contribution in [-0.2, 0) is 14.3 Å². The van der Waals surface area contributed by atoms with Crippen molar-refractivity contribution in [3.05, 3.63) is 41.1 Å². The van der Waals surface area contributed by atoms with Crippen LogP contribution in [0.1, 0.15) is 90.2 Å². The lowest BCUT2D eigenvalue weighted by Gasteiger charge is -2.35. The van der Waals surface area contributed by atoms with Crippen LogP contribution in [0.3, 0.4) is 0 Å². The summed E-state index contributed by atoms with van der Waals surface area (Å²) in [6, 6.07) is 6.38. The molecular formula is C26H39N3O4. The predicted molar refractivity (Wildman–Crippen MR) is 131 cm³/mol. The average molecular weight is 458 g/mol. The Morgan fingerprint density at radius 2 is 1.76 bits per heavy atom. The Morgan fingerprint density at radius 1 is 1.06 bits per heavy atom. The van der Waals surface area contributed by atoms with Gasteiger partial charge in [0, 0.05) is 24.4 Å². The molecule has 0 spiro atoms. The minimum Gasteiger partial charge on any atom is -0.466 e. The van der Waals surface area contributed by atoms with Crippen LogP contribution in [0.5, 0.6) is 0 Å². The molecule has 0 fully saturated rings. The number of unbranched alkanes of at least 4 members (excludes halogenated alkanes) is 6. The molecule has 0 aromatic heterocycles. The minimum atomic E-state index is -0.641. The normalized spacial score (nSPS) is 15.9. The first-order valence-corrected chi connectivity index (χ1v) is 12.2.